The molecule has 0 bridgehead atoms. The number of hydrogen-bond acceptors (Lipinski definition) is 2. The Balaban J connectivity index is 2.67. The Morgan fingerprint density at radius 3 is 2.35 bits per heavy atom. The van der Waals surface area contributed by atoms with Crippen LogP contribution in [-0.2, 0) is 0 Å². The first-order chi connectivity index (χ1) is 8.04. The van der Waals surface area contributed by atoms with Crippen molar-refractivity contribution in [3.63, 3.8) is 0 Å². The zero-order valence-corrected chi connectivity index (χ0v) is 11.2. The number of rotatable bonds is 6. The van der Waals surface area contributed by atoms with Crippen LogP contribution in [0.3, 0.4) is 0 Å². The molecule has 1 aromatic rings. The van der Waals surface area contributed by atoms with Gasteiger partial charge in [0.2, 0.25) is 0 Å². The molecule has 0 heterocycles. The molecule has 0 radical (unpaired) electrons. The largest absolute Gasteiger partial charge is 0.393 e. The molecule has 3 heteroatoms. The minimum Gasteiger partial charge on any atom is -0.393 e. The summed E-state index contributed by atoms with van der Waals surface area (Å²) in [5, 5.41) is 0. The lowest BCUT2D eigenvalue weighted by molar-refractivity contribution is 0.0985. The summed E-state index contributed by atoms with van der Waals surface area (Å²) in [6, 6.07) is 7.84. The van der Waals surface area contributed by atoms with Crippen molar-refractivity contribution in [3.05, 3.63) is 35.4 Å². The van der Waals surface area contributed by atoms with Crippen molar-refractivity contribution in [2.45, 2.75) is 39.0 Å². The molecule has 0 saturated carbocycles. The zero-order valence-electron chi connectivity index (χ0n) is 10.4. The van der Waals surface area contributed by atoms with E-state index >= 15 is 0 Å². The van der Waals surface area contributed by atoms with Crippen molar-refractivity contribution in [1.29, 1.82) is 0 Å². The highest BCUT2D eigenvalue weighted by atomic mass is 32.1. The number of nitrogens with two attached hydrogens (primary N) is 1. The number of carbonyl (C=O) groups is 1. The first-order valence-electron chi connectivity index (χ1n) is 5.96. The normalized spacial score (nSPS) is 12.1. The van der Waals surface area contributed by atoms with Crippen molar-refractivity contribution >= 4 is 23.0 Å². The molecule has 0 amide bonds. The van der Waals surface area contributed by atoms with Crippen LogP contribution in [0.5, 0.6) is 0 Å². The Labute approximate surface area is 108 Å². The lowest BCUT2D eigenvalue weighted by Crippen LogP contribution is -2.10. The molecule has 1 unspecified atom stereocenters. The molecule has 17 heavy (non-hydrogen) atoms. The van der Waals surface area contributed by atoms with Crippen molar-refractivity contribution < 1.29 is 4.79 Å². The van der Waals surface area contributed by atoms with Crippen LogP contribution in [0.2, 0.25) is 0 Å². The van der Waals surface area contributed by atoms with Crippen LogP contribution in [0.4, 0.5) is 0 Å². The third-order valence-electron chi connectivity index (χ3n) is 3.01. The number of ketones is 1. The molecule has 0 aliphatic rings. The second-order valence-corrected chi connectivity index (χ2v) is 4.85. The quantitative estimate of drug-likeness (QED) is 0.620. The third kappa shape index (κ3) is 4.27. The molecule has 0 spiro atoms. The second-order valence-electron chi connectivity index (χ2n) is 4.32. The summed E-state index contributed by atoms with van der Waals surface area (Å²) >= 11 is 4.76. The third-order valence-corrected chi connectivity index (χ3v) is 3.22. The van der Waals surface area contributed by atoms with Gasteiger partial charge in [0.1, 0.15) is 0 Å². The smallest absolute Gasteiger partial charge is 0.163 e. The lowest BCUT2D eigenvalue weighted by Gasteiger charge is -2.09. The number of benzene rings is 1. The van der Waals surface area contributed by atoms with Gasteiger partial charge in [-0.1, -0.05) is 50.3 Å². The highest BCUT2D eigenvalue weighted by molar-refractivity contribution is 7.80. The minimum absolute atomic E-state index is 0.105. The van der Waals surface area contributed by atoms with E-state index in [-0.39, 0.29) is 5.78 Å². The monoisotopic (exact) mass is 249 g/mol. The summed E-state index contributed by atoms with van der Waals surface area (Å²) in [6.07, 6.45) is 1.99. The minimum atomic E-state index is 0.105. The highest BCUT2D eigenvalue weighted by Gasteiger charge is 2.08. The van der Waals surface area contributed by atoms with Crippen molar-refractivity contribution in [2.24, 2.45) is 5.73 Å². The van der Waals surface area contributed by atoms with Gasteiger partial charge in [-0.2, -0.15) is 0 Å². The first-order valence-corrected chi connectivity index (χ1v) is 6.37. The van der Waals surface area contributed by atoms with E-state index in [2.05, 4.69) is 13.8 Å². The van der Waals surface area contributed by atoms with E-state index in [0.717, 1.165) is 12.0 Å². The van der Waals surface area contributed by atoms with Gasteiger partial charge < -0.3 is 5.73 Å². The second kappa shape index (κ2) is 6.50. The molecule has 0 aliphatic heterocycles. The van der Waals surface area contributed by atoms with E-state index in [1.165, 1.54) is 5.56 Å². The van der Waals surface area contributed by atoms with Gasteiger partial charge in [-0.3, -0.25) is 4.79 Å². The van der Waals surface area contributed by atoms with Gasteiger partial charge >= 0.3 is 0 Å². The van der Waals surface area contributed by atoms with Crippen molar-refractivity contribution in [2.75, 3.05) is 0 Å². The van der Waals surface area contributed by atoms with Crippen LogP contribution in [0.25, 0.3) is 0 Å². The summed E-state index contributed by atoms with van der Waals surface area (Å²) in [7, 11) is 0. The summed E-state index contributed by atoms with van der Waals surface area (Å²) in [5.41, 5.74) is 7.40. The maximum Gasteiger partial charge on any atom is 0.163 e. The zero-order chi connectivity index (χ0) is 12.8. The average Bonchev–Trinajstić information content (AvgIpc) is 2.35. The predicted octanol–water partition coefficient (Wildman–Crippen LogP) is 3.45. The van der Waals surface area contributed by atoms with Gasteiger partial charge in [-0.25, -0.2) is 0 Å². The standard InChI is InChI=1S/C14H19NOS/c1-3-10(2)11-4-6-12(7-5-11)13(16)8-9-14(15)17/h4-7,10H,3,8-9H2,1-2H3,(H2,15,17). The SMILES string of the molecule is CCC(C)c1ccc(C(=O)CCC(N)=S)cc1. The molecule has 0 aromatic heterocycles. The van der Waals surface area contributed by atoms with Crippen molar-refractivity contribution in [3.8, 4) is 0 Å². The van der Waals surface area contributed by atoms with E-state index in [0.29, 0.717) is 23.7 Å². The van der Waals surface area contributed by atoms with Crippen LogP contribution < -0.4 is 5.73 Å². The average molecular weight is 249 g/mol. The molecule has 1 atom stereocenters. The van der Waals surface area contributed by atoms with Gasteiger partial charge in [-0.05, 0) is 17.9 Å². The van der Waals surface area contributed by atoms with Crippen LogP contribution in [0.1, 0.15) is 54.9 Å². The van der Waals surface area contributed by atoms with Gasteiger partial charge in [0.15, 0.2) is 5.78 Å². The van der Waals surface area contributed by atoms with E-state index in [1.54, 1.807) is 0 Å². The van der Waals surface area contributed by atoms with Gasteiger partial charge in [0, 0.05) is 18.4 Å². The fourth-order valence-corrected chi connectivity index (χ4v) is 1.72. The van der Waals surface area contributed by atoms with Gasteiger partial charge in [-0.15, -0.1) is 0 Å². The lowest BCUT2D eigenvalue weighted by atomic mass is 9.96. The molecule has 0 aliphatic carbocycles. The van der Waals surface area contributed by atoms with Gasteiger partial charge in [0.25, 0.3) is 0 Å². The topological polar surface area (TPSA) is 43.1 Å². The maximum absolute atomic E-state index is 11.8. The van der Waals surface area contributed by atoms with E-state index in [4.69, 9.17) is 18.0 Å². The molecule has 2 N–H and O–H groups in total. The highest BCUT2D eigenvalue weighted by Crippen LogP contribution is 2.19. The Hall–Kier alpha value is -1.22. The van der Waals surface area contributed by atoms with E-state index in [1.807, 2.05) is 24.3 Å². The van der Waals surface area contributed by atoms with Crippen LogP contribution in [0.15, 0.2) is 24.3 Å². The first kappa shape index (κ1) is 13.8. The number of carbonyl (C=O) groups excluding carboxylic acids is 1. The van der Waals surface area contributed by atoms with E-state index in [9.17, 15) is 4.79 Å². The fraction of sp³-hybridized carbons (Fsp3) is 0.429. The van der Waals surface area contributed by atoms with Crippen LogP contribution in [-0.4, -0.2) is 10.8 Å². The fourth-order valence-electron chi connectivity index (χ4n) is 1.61. The Bertz CT molecular complexity index is 397. The van der Waals surface area contributed by atoms with Crippen LogP contribution in [0, 0.1) is 0 Å². The molecular weight excluding hydrogens is 230 g/mol. The summed E-state index contributed by atoms with van der Waals surface area (Å²) in [5.74, 6) is 0.643. The molecule has 1 aromatic carbocycles. The summed E-state index contributed by atoms with van der Waals surface area (Å²) in [4.78, 5) is 12.2. The molecule has 0 saturated heterocycles. The number of hydrogen-bond donors (Lipinski definition) is 1. The molecular formula is C14H19NOS. The Morgan fingerprint density at radius 2 is 1.88 bits per heavy atom. The summed E-state index contributed by atoms with van der Waals surface area (Å²) in [6.45, 7) is 4.34. The number of Topliss-reactive ketones (excluding diaryl/α,β-unsaturated/α-hetero) is 1. The van der Waals surface area contributed by atoms with Crippen LogP contribution >= 0.6 is 12.2 Å². The Kier molecular flexibility index (Phi) is 5.29. The molecule has 92 valence electrons. The molecule has 1 rings (SSSR count). The maximum atomic E-state index is 11.8. The summed E-state index contributed by atoms with van der Waals surface area (Å²) < 4.78 is 0. The molecule has 2 nitrogen and oxygen atoms in total. The Morgan fingerprint density at radius 1 is 1.29 bits per heavy atom. The van der Waals surface area contributed by atoms with E-state index < -0.39 is 0 Å². The van der Waals surface area contributed by atoms with Gasteiger partial charge in [0.05, 0.1) is 4.99 Å². The predicted molar refractivity (Wildman–Crippen MR) is 75.5 cm³/mol. The molecule has 0 fully saturated rings. The number of thiocarbonyl (C=S) groups is 1. The van der Waals surface area contributed by atoms with Crippen molar-refractivity contribution in [1.82, 2.24) is 0 Å².